The summed E-state index contributed by atoms with van der Waals surface area (Å²) in [7, 11) is 0. The maximum absolute atomic E-state index is 2.54. The molecule has 2 aliphatic rings. The van der Waals surface area contributed by atoms with E-state index in [1.54, 1.807) is 0 Å². The van der Waals surface area contributed by atoms with Gasteiger partial charge in [0.2, 0.25) is 0 Å². The molecule has 0 aromatic carbocycles. The number of fused-ring (bicyclic) bond motifs is 2. The van der Waals surface area contributed by atoms with E-state index >= 15 is 0 Å². The van der Waals surface area contributed by atoms with Crippen molar-refractivity contribution in [2.75, 3.05) is 0 Å². The largest absolute Gasteiger partial charge is 0.0665 e. The van der Waals surface area contributed by atoms with Crippen molar-refractivity contribution < 1.29 is 0 Å². The van der Waals surface area contributed by atoms with Crippen molar-refractivity contribution in [2.24, 2.45) is 22.7 Å². The monoisotopic (exact) mass is 234 g/mol. The molecule has 2 aliphatic carbocycles. The van der Waals surface area contributed by atoms with Crippen molar-refractivity contribution >= 4 is 0 Å². The molecule has 0 saturated heterocycles. The Balaban J connectivity index is 2.41. The third kappa shape index (κ3) is 1.63. The number of hydrogen-bond acceptors (Lipinski definition) is 0. The lowest BCUT2D eigenvalue weighted by Gasteiger charge is -2.39. The summed E-state index contributed by atoms with van der Waals surface area (Å²) in [6, 6.07) is 0. The van der Waals surface area contributed by atoms with E-state index in [2.05, 4.69) is 41.5 Å². The van der Waals surface area contributed by atoms with Gasteiger partial charge in [0.25, 0.3) is 0 Å². The van der Waals surface area contributed by atoms with Crippen LogP contribution in [-0.4, -0.2) is 0 Å². The first kappa shape index (κ1) is 13.2. The Morgan fingerprint density at radius 3 is 2.41 bits per heavy atom. The summed E-state index contributed by atoms with van der Waals surface area (Å²) >= 11 is 0. The van der Waals surface area contributed by atoms with E-state index in [-0.39, 0.29) is 0 Å². The van der Waals surface area contributed by atoms with Gasteiger partial charge in [-0.05, 0) is 48.3 Å². The summed E-state index contributed by atoms with van der Waals surface area (Å²) in [5, 5.41) is 0. The summed E-state index contributed by atoms with van der Waals surface area (Å²) in [5.41, 5.74) is 4.71. The van der Waals surface area contributed by atoms with Crippen molar-refractivity contribution in [1.82, 2.24) is 0 Å². The second-order valence-corrected chi connectivity index (χ2v) is 7.34. The molecular weight excluding hydrogens is 204 g/mol. The first-order chi connectivity index (χ1) is 7.86. The highest BCUT2D eigenvalue weighted by atomic mass is 14.6. The van der Waals surface area contributed by atoms with Crippen LogP contribution in [0, 0.1) is 22.7 Å². The van der Waals surface area contributed by atoms with Crippen LogP contribution in [-0.2, 0) is 0 Å². The van der Waals surface area contributed by atoms with Gasteiger partial charge in [-0.1, -0.05) is 59.1 Å². The molecule has 0 aromatic rings. The second-order valence-electron chi connectivity index (χ2n) is 7.34. The first-order valence-corrected chi connectivity index (χ1v) is 7.59. The minimum Gasteiger partial charge on any atom is -0.0665 e. The summed E-state index contributed by atoms with van der Waals surface area (Å²) < 4.78 is 0. The lowest BCUT2D eigenvalue weighted by atomic mass is 9.65. The summed E-state index contributed by atoms with van der Waals surface area (Å²) in [6.45, 7) is 14.7. The molecule has 0 heterocycles. The van der Waals surface area contributed by atoms with Gasteiger partial charge in [0, 0.05) is 0 Å². The van der Waals surface area contributed by atoms with Gasteiger partial charge in [0.1, 0.15) is 0 Å². The molecule has 0 radical (unpaired) electrons. The van der Waals surface area contributed by atoms with Crippen LogP contribution in [0.3, 0.4) is 0 Å². The van der Waals surface area contributed by atoms with E-state index < -0.39 is 0 Å². The first-order valence-electron chi connectivity index (χ1n) is 7.59. The molecule has 0 spiro atoms. The zero-order chi connectivity index (χ0) is 12.8. The fraction of sp³-hybridized carbons (Fsp3) is 0.882. The van der Waals surface area contributed by atoms with E-state index in [1.165, 1.54) is 32.1 Å². The number of allylic oxidation sites excluding steroid dienone is 2. The number of unbranched alkanes of at least 4 members (excludes halogenated alkanes) is 1. The van der Waals surface area contributed by atoms with E-state index in [9.17, 15) is 0 Å². The Morgan fingerprint density at radius 2 is 1.88 bits per heavy atom. The minimum absolute atomic E-state index is 0.495. The van der Waals surface area contributed by atoms with Crippen LogP contribution < -0.4 is 0 Å². The standard InChI is InChI=1S/C17H30/c1-7-8-9-13-14-10-11-17(6,16(14,4)5)15(13)12(2)3/h12,14H,7-11H2,1-6H3. The van der Waals surface area contributed by atoms with Gasteiger partial charge >= 0.3 is 0 Å². The highest BCUT2D eigenvalue weighted by Crippen LogP contribution is 2.69. The molecule has 2 bridgehead atoms. The predicted octanol–water partition coefficient (Wildman–Crippen LogP) is 5.59. The van der Waals surface area contributed by atoms with Gasteiger partial charge in [-0.25, -0.2) is 0 Å². The average molecular weight is 234 g/mol. The molecule has 1 fully saturated rings. The molecule has 2 atom stereocenters. The fourth-order valence-electron chi connectivity index (χ4n) is 4.82. The Kier molecular flexibility index (Phi) is 3.21. The third-order valence-corrected chi connectivity index (χ3v) is 5.96. The van der Waals surface area contributed by atoms with Gasteiger partial charge in [-0.2, -0.15) is 0 Å². The van der Waals surface area contributed by atoms with Crippen molar-refractivity contribution in [2.45, 2.75) is 73.6 Å². The van der Waals surface area contributed by atoms with Gasteiger partial charge in [0.15, 0.2) is 0 Å². The highest BCUT2D eigenvalue weighted by Gasteiger charge is 2.60. The number of rotatable bonds is 4. The average Bonchev–Trinajstić information content (AvgIpc) is 2.55. The van der Waals surface area contributed by atoms with Crippen LogP contribution in [0.15, 0.2) is 11.1 Å². The maximum atomic E-state index is 2.54. The summed E-state index contributed by atoms with van der Waals surface area (Å²) in [6.07, 6.45) is 6.95. The Morgan fingerprint density at radius 1 is 1.24 bits per heavy atom. The van der Waals surface area contributed by atoms with Gasteiger partial charge in [-0.15, -0.1) is 0 Å². The highest BCUT2D eigenvalue weighted by molar-refractivity contribution is 5.39. The smallest absolute Gasteiger partial charge is 0.00540 e. The Hall–Kier alpha value is -0.260. The van der Waals surface area contributed by atoms with Crippen molar-refractivity contribution in [1.29, 1.82) is 0 Å². The Bertz CT molecular complexity index is 332. The molecule has 1 saturated carbocycles. The lowest BCUT2D eigenvalue weighted by molar-refractivity contribution is 0.161. The molecule has 17 heavy (non-hydrogen) atoms. The number of hydrogen-bond donors (Lipinski definition) is 0. The molecule has 0 nitrogen and oxygen atoms in total. The molecule has 2 unspecified atom stereocenters. The Labute approximate surface area is 108 Å². The molecule has 0 amide bonds. The van der Waals surface area contributed by atoms with Gasteiger partial charge in [-0.3, -0.25) is 0 Å². The van der Waals surface area contributed by atoms with Crippen molar-refractivity contribution in [3.05, 3.63) is 11.1 Å². The normalized spacial score (nSPS) is 35.1. The molecule has 0 aliphatic heterocycles. The zero-order valence-electron chi connectivity index (χ0n) is 12.7. The third-order valence-electron chi connectivity index (χ3n) is 5.96. The SMILES string of the molecule is CCCCC1=C(C(C)C)C2(C)CCC1C2(C)C. The van der Waals surface area contributed by atoms with E-state index in [1.807, 2.05) is 11.1 Å². The van der Waals surface area contributed by atoms with Crippen LogP contribution >= 0.6 is 0 Å². The van der Waals surface area contributed by atoms with Gasteiger partial charge in [0.05, 0.1) is 0 Å². The molecule has 0 heteroatoms. The zero-order valence-corrected chi connectivity index (χ0v) is 12.7. The lowest BCUT2D eigenvalue weighted by Crippen LogP contribution is -2.31. The van der Waals surface area contributed by atoms with E-state index in [4.69, 9.17) is 0 Å². The van der Waals surface area contributed by atoms with Crippen LogP contribution in [0.4, 0.5) is 0 Å². The molecule has 0 aromatic heterocycles. The van der Waals surface area contributed by atoms with Crippen molar-refractivity contribution in [3.8, 4) is 0 Å². The molecule has 0 N–H and O–H groups in total. The van der Waals surface area contributed by atoms with Crippen LogP contribution in [0.1, 0.15) is 73.6 Å². The van der Waals surface area contributed by atoms with Crippen molar-refractivity contribution in [3.63, 3.8) is 0 Å². The van der Waals surface area contributed by atoms with E-state index in [0.29, 0.717) is 10.8 Å². The van der Waals surface area contributed by atoms with Crippen LogP contribution in [0.2, 0.25) is 0 Å². The topological polar surface area (TPSA) is 0 Å². The van der Waals surface area contributed by atoms with E-state index in [0.717, 1.165) is 11.8 Å². The molecule has 98 valence electrons. The van der Waals surface area contributed by atoms with Crippen LogP contribution in [0.25, 0.3) is 0 Å². The maximum Gasteiger partial charge on any atom is -0.00540 e. The molecular formula is C17H30. The van der Waals surface area contributed by atoms with Crippen LogP contribution in [0.5, 0.6) is 0 Å². The van der Waals surface area contributed by atoms with Gasteiger partial charge < -0.3 is 0 Å². The fourth-order valence-corrected chi connectivity index (χ4v) is 4.82. The predicted molar refractivity (Wildman–Crippen MR) is 76.0 cm³/mol. The molecule has 2 rings (SSSR count). The second kappa shape index (κ2) is 4.14. The minimum atomic E-state index is 0.495. The quantitative estimate of drug-likeness (QED) is 0.557. The summed E-state index contributed by atoms with van der Waals surface area (Å²) in [4.78, 5) is 0. The summed E-state index contributed by atoms with van der Waals surface area (Å²) in [5.74, 6) is 1.63.